The fourth-order valence-electron chi connectivity index (χ4n) is 4.00. The highest BCUT2D eigenvalue weighted by Gasteiger charge is 2.25. The molecule has 0 N–H and O–H groups in total. The molecule has 2 aliphatic rings. The molecule has 1 unspecified atom stereocenters. The molecule has 0 aliphatic heterocycles. The molecule has 0 saturated heterocycles. The normalized spacial score (nSPS) is 19.6. The van der Waals surface area contributed by atoms with Gasteiger partial charge in [0.1, 0.15) is 0 Å². The molecule has 0 heterocycles. The average Bonchev–Trinajstić information content (AvgIpc) is 3.27. The summed E-state index contributed by atoms with van der Waals surface area (Å²) in [6, 6.07) is 21.7. The molecule has 1 atom stereocenters. The van der Waals surface area contributed by atoms with Crippen LogP contribution in [0.15, 0.2) is 102 Å². The lowest BCUT2D eigenvalue weighted by molar-refractivity contribution is 0.845. The maximum Gasteiger partial charge on any atom is 0.0308 e. The third-order valence-corrected chi connectivity index (χ3v) is 5.29. The molecule has 0 saturated carbocycles. The maximum absolute atomic E-state index is 4.12. The predicted octanol–water partition coefficient (Wildman–Crippen LogP) is 6.85. The van der Waals surface area contributed by atoms with E-state index in [4.69, 9.17) is 0 Å². The molecule has 2 aromatic rings. The summed E-state index contributed by atoms with van der Waals surface area (Å²) in [5.74, 6) is 0.383. The standard InChI is InChI=1S/C25H24/c1-19-12-13-20(18-19)14-15-23-16-17-24(21-8-4-2-5-9-21)25(23)22-10-6-3-7-11-22/h2-11,13,16-17,25H,1,12,14-15,18H2. The molecule has 2 aromatic carbocycles. The van der Waals surface area contributed by atoms with Crippen LogP contribution in [0.2, 0.25) is 0 Å². The van der Waals surface area contributed by atoms with Gasteiger partial charge in [-0.1, -0.05) is 102 Å². The van der Waals surface area contributed by atoms with Gasteiger partial charge in [-0.3, -0.25) is 0 Å². The second-order valence-electron chi connectivity index (χ2n) is 7.07. The highest BCUT2D eigenvalue weighted by atomic mass is 14.3. The minimum absolute atomic E-state index is 0.383. The molecule has 25 heavy (non-hydrogen) atoms. The van der Waals surface area contributed by atoms with Gasteiger partial charge in [-0.2, -0.15) is 0 Å². The quantitative estimate of drug-likeness (QED) is 0.527. The molecule has 2 aliphatic carbocycles. The smallest absolute Gasteiger partial charge is 0.0308 e. The minimum Gasteiger partial charge on any atom is -0.0992 e. The number of rotatable bonds is 5. The van der Waals surface area contributed by atoms with Gasteiger partial charge in [-0.15, -0.1) is 0 Å². The van der Waals surface area contributed by atoms with E-state index in [0.717, 1.165) is 25.7 Å². The SMILES string of the molecule is C=C1CC=C(CCC2=CC=C(c3ccccc3)C2c2ccccc2)C1. The lowest BCUT2D eigenvalue weighted by atomic mass is 9.83. The Bertz CT molecular complexity index is 847. The molecule has 4 rings (SSSR count). The summed E-state index contributed by atoms with van der Waals surface area (Å²) >= 11 is 0. The lowest BCUT2D eigenvalue weighted by Gasteiger charge is -2.21. The monoisotopic (exact) mass is 324 g/mol. The first kappa shape index (κ1) is 15.9. The Kier molecular flexibility index (Phi) is 4.52. The number of benzene rings is 2. The van der Waals surface area contributed by atoms with Crippen LogP contribution >= 0.6 is 0 Å². The average molecular weight is 324 g/mol. The van der Waals surface area contributed by atoms with Gasteiger partial charge in [0.05, 0.1) is 0 Å². The van der Waals surface area contributed by atoms with E-state index in [-0.39, 0.29) is 0 Å². The summed E-state index contributed by atoms with van der Waals surface area (Å²) < 4.78 is 0. The van der Waals surface area contributed by atoms with Crippen LogP contribution in [0.3, 0.4) is 0 Å². The summed E-state index contributed by atoms with van der Waals surface area (Å²) in [6.07, 6.45) is 11.5. The third-order valence-electron chi connectivity index (χ3n) is 5.29. The third kappa shape index (κ3) is 3.44. The van der Waals surface area contributed by atoms with Crippen LogP contribution in [-0.2, 0) is 0 Å². The van der Waals surface area contributed by atoms with Crippen LogP contribution < -0.4 is 0 Å². The first-order valence-corrected chi connectivity index (χ1v) is 9.17. The lowest BCUT2D eigenvalue weighted by Crippen LogP contribution is -2.03. The van der Waals surface area contributed by atoms with E-state index in [1.807, 2.05) is 0 Å². The fraction of sp³-hybridized carbons (Fsp3) is 0.200. The zero-order valence-electron chi connectivity index (χ0n) is 14.6. The van der Waals surface area contributed by atoms with Crippen LogP contribution in [0.5, 0.6) is 0 Å². The van der Waals surface area contributed by atoms with Gasteiger partial charge < -0.3 is 0 Å². The molecule has 0 bridgehead atoms. The van der Waals surface area contributed by atoms with Crippen molar-refractivity contribution in [3.63, 3.8) is 0 Å². The largest absolute Gasteiger partial charge is 0.0992 e. The first-order valence-electron chi connectivity index (χ1n) is 9.17. The Morgan fingerprint density at radius 1 is 0.840 bits per heavy atom. The van der Waals surface area contributed by atoms with E-state index in [1.54, 1.807) is 5.57 Å². The van der Waals surface area contributed by atoms with Gasteiger partial charge in [-0.25, -0.2) is 0 Å². The summed E-state index contributed by atoms with van der Waals surface area (Å²) in [5, 5.41) is 0. The van der Waals surface area contributed by atoms with E-state index in [2.05, 4.69) is 85.5 Å². The Labute approximate surface area is 150 Å². The molecule has 0 spiro atoms. The zero-order chi connectivity index (χ0) is 17.1. The summed E-state index contributed by atoms with van der Waals surface area (Å²) in [6.45, 7) is 4.12. The predicted molar refractivity (Wildman–Crippen MR) is 107 cm³/mol. The Hall–Kier alpha value is -2.60. The summed E-state index contributed by atoms with van der Waals surface area (Å²) in [5.41, 5.74) is 8.60. The van der Waals surface area contributed by atoms with E-state index < -0.39 is 0 Å². The Morgan fingerprint density at radius 3 is 2.24 bits per heavy atom. The van der Waals surface area contributed by atoms with Gasteiger partial charge in [0, 0.05) is 5.92 Å². The van der Waals surface area contributed by atoms with Crippen molar-refractivity contribution >= 4 is 5.57 Å². The zero-order valence-corrected chi connectivity index (χ0v) is 14.6. The molecule has 124 valence electrons. The molecular weight excluding hydrogens is 300 g/mol. The second-order valence-corrected chi connectivity index (χ2v) is 7.07. The summed E-state index contributed by atoms with van der Waals surface area (Å²) in [4.78, 5) is 0. The molecular formula is C25H24. The molecule has 0 heteroatoms. The van der Waals surface area contributed by atoms with Crippen molar-refractivity contribution in [1.82, 2.24) is 0 Å². The van der Waals surface area contributed by atoms with Crippen molar-refractivity contribution < 1.29 is 0 Å². The first-order chi connectivity index (χ1) is 12.3. The van der Waals surface area contributed by atoms with Gasteiger partial charge in [0.25, 0.3) is 0 Å². The number of allylic oxidation sites excluding steroid dienone is 7. The highest BCUT2D eigenvalue weighted by molar-refractivity contribution is 5.79. The second kappa shape index (κ2) is 7.11. The highest BCUT2D eigenvalue weighted by Crippen LogP contribution is 2.44. The topological polar surface area (TPSA) is 0 Å². The van der Waals surface area contributed by atoms with Gasteiger partial charge in [0.2, 0.25) is 0 Å². The van der Waals surface area contributed by atoms with Crippen LogP contribution in [0, 0.1) is 0 Å². The van der Waals surface area contributed by atoms with E-state index in [0.29, 0.717) is 5.92 Å². The number of hydrogen-bond acceptors (Lipinski definition) is 0. The van der Waals surface area contributed by atoms with Crippen molar-refractivity contribution in [2.24, 2.45) is 0 Å². The van der Waals surface area contributed by atoms with Crippen molar-refractivity contribution in [2.45, 2.75) is 31.6 Å². The van der Waals surface area contributed by atoms with E-state index in [1.165, 1.54) is 27.8 Å². The van der Waals surface area contributed by atoms with E-state index in [9.17, 15) is 0 Å². The fourth-order valence-corrected chi connectivity index (χ4v) is 4.00. The Balaban J connectivity index is 1.58. The van der Waals surface area contributed by atoms with Gasteiger partial charge in [-0.05, 0) is 42.4 Å². The van der Waals surface area contributed by atoms with Crippen molar-refractivity contribution in [1.29, 1.82) is 0 Å². The number of hydrogen-bond donors (Lipinski definition) is 0. The van der Waals surface area contributed by atoms with Gasteiger partial charge >= 0.3 is 0 Å². The van der Waals surface area contributed by atoms with Crippen LogP contribution in [-0.4, -0.2) is 0 Å². The molecule has 0 fully saturated rings. The van der Waals surface area contributed by atoms with E-state index >= 15 is 0 Å². The molecule has 0 amide bonds. The Morgan fingerprint density at radius 2 is 1.56 bits per heavy atom. The minimum atomic E-state index is 0.383. The maximum atomic E-state index is 4.12. The van der Waals surface area contributed by atoms with Gasteiger partial charge in [0.15, 0.2) is 0 Å². The van der Waals surface area contributed by atoms with Crippen molar-refractivity contribution in [3.05, 3.63) is 113 Å². The van der Waals surface area contributed by atoms with Crippen molar-refractivity contribution in [3.8, 4) is 0 Å². The summed E-state index contributed by atoms with van der Waals surface area (Å²) in [7, 11) is 0. The van der Waals surface area contributed by atoms with Crippen molar-refractivity contribution in [2.75, 3.05) is 0 Å². The van der Waals surface area contributed by atoms with Crippen LogP contribution in [0.25, 0.3) is 5.57 Å². The molecule has 0 radical (unpaired) electrons. The van der Waals surface area contributed by atoms with Crippen LogP contribution in [0.1, 0.15) is 42.7 Å². The molecule has 0 aromatic heterocycles. The molecule has 0 nitrogen and oxygen atoms in total. The van der Waals surface area contributed by atoms with Crippen LogP contribution in [0.4, 0.5) is 0 Å².